The molecule has 338 valence electrons. The highest BCUT2D eigenvalue weighted by atomic mass is 31.2. The average Bonchev–Trinajstić information content (AvgIpc) is 3.17. The highest BCUT2D eigenvalue weighted by Crippen LogP contribution is 2.43. The van der Waals surface area contributed by atoms with Crippen LogP contribution >= 0.6 is 7.82 Å². The molecule has 0 heterocycles. The molecule has 0 spiro atoms. The number of allylic oxidation sites excluding steroid dienone is 10. The molecule has 8 nitrogen and oxygen atoms in total. The fourth-order valence-electron chi connectivity index (χ4n) is 6.54. The molecule has 3 atom stereocenters. The average molecular weight is 836 g/mol. The molecule has 0 saturated heterocycles. The van der Waals surface area contributed by atoms with E-state index in [1.54, 1.807) is 0 Å². The van der Waals surface area contributed by atoms with Crippen molar-refractivity contribution in [2.24, 2.45) is 0 Å². The molecule has 0 bridgehead atoms. The Kier molecular flexibility index (Phi) is 39.3. The summed E-state index contributed by atoms with van der Waals surface area (Å²) >= 11 is 0. The second-order valence-electron chi connectivity index (χ2n) is 17.1. The molecule has 0 aromatic carbocycles. The Morgan fingerprint density at radius 1 is 0.603 bits per heavy atom. The number of carbonyl (C=O) groups is 1. The summed E-state index contributed by atoms with van der Waals surface area (Å²) in [6, 6.07) is -0.762. The van der Waals surface area contributed by atoms with E-state index in [0.29, 0.717) is 23.9 Å². The fourth-order valence-corrected chi connectivity index (χ4v) is 7.28. The molecule has 0 aliphatic rings. The number of nitrogens with zero attached hydrogens (tertiary/aromatic N) is 1. The number of quaternary nitrogens is 1. The van der Waals surface area contributed by atoms with Gasteiger partial charge in [0.15, 0.2) is 0 Å². The maximum Gasteiger partial charge on any atom is 0.472 e. The van der Waals surface area contributed by atoms with Gasteiger partial charge in [0.25, 0.3) is 0 Å². The Morgan fingerprint density at radius 2 is 1.03 bits per heavy atom. The molecule has 0 aliphatic carbocycles. The number of aliphatic hydroxyl groups excluding tert-OH is 1. The topological polar surface area (TPSA) is 105 Å². The highest BCUT2D eigenvalue weighted by molar-refractivity contribution is 7.47. The third-order valence-corrected chi connectivity index (χ3v) is 11.3. The first-order chi connectivity index (χ1) is 28.0. The second-order valence-corrected chi connectivity index (χ2v) is 18.6. The van der Waals surface area contributed by atoms with Crippen LogP contribution < -0.4 is 5.32 Å². The monoisotopic (exact) mass is 836 g/mol. The Bertz CT molecular complexity index is 1130. The van der Waals surface area contributed by atoms with Gasteiger partial charge in [-0.1, -0.05) is 190 Å². The van der Waals surface area contributed by atoms with Crippen LogP contribution in [0.3, 0.4) is 0 Å². The molecule has 1 amide bonds. The quantitative estimate of drug-likeness (QED) is 0.0245. The molecular weight excluding hydrogens is 744 g/mol. The normalized spacial score (nSPS) is 14.8. The van der Waals surface area contributed by atoms with Crippen LogP contribution in [-0.4, -0.2) is 73.4 Å². The van der Waals surface area contributed by atoms with Crippen molar-refractivity contribution in [3.8, 4) is 0 Å². The predicted molar refractivity (Wildman–Crippen MR) is 249 cm³/mol. The fraction of sp³-hybridized carbons (Fsp3) is 0.776. The van der Waals surface area contributed by atoms with Gasteiger partial charge in [0.1, 0.15) is 13.2 Å². The van der Waals surface area contributed by atoms with Crippen molar-refractivity contribution in [1.82, 2.24) is 5.32 Å². The van der Waals surface area contributed by atoms with Crippen LogP contribution in [0.5, 0.6) is 0 Å². The maximum absolute atomic E-state index is 12.9. The largest absolute Gasteiger partial charge is 0.472 e. The van der Waals surface area contributed by atoms with Gasteiger partial charge in [-0.15, -0.1) is 0 Å². The number of likely N-dealkylation sites (N-methyl/N-ethyl adjacent to an activating group) is 1. The maximum atomic E-state index is 12.9. The number of amides is 1. The SMILES string of the molecule is CC/C=C\C/C=C\C/C=C\C/C=C\C/C=C\CCCCCCCCCCCCCC(=O)NC(COP(=O)(O)OCC[N+](C)(C)C)C(O)CCCCCCCCCCC. The van der Waals surface area contributed by atoms with Crippen LogP contribution in [0, 0.1) is 0 Å². The second kappa shape index (κ2) is 40.6. The summed E-state index contributed by atoms with van der Waals surface area (Å²) in [6.07, 6.45) is 52.6. The molecule has 0 aliphatic heterocycles. The zero-order valence-electron chi connectivity index (χ0n) is 38.3. The van der Waals surface area contributed by atoms with Crippen LogP contribution in [0.1, 0.15) is 194 Å². The first kappa shape index (κ1) is 56.2. The summed E-state index contributed by atoms with van der Waals surface area (Å²) in [7, 11) is 1.60. The molecule has 0 fully saturated rings. The Morgan fingerprint density at radius 3 is 1.52 bits per heavy atom. The number of carbonyl (C=O) groups excluding carboxylic acids is 1. The third kappa shape index (κ3) is 42.3. The lowest BCUT2D eigenvalue weighted by Crippen LogP contribution is -2.46. The van der Waals surface area contributed by atoms with Crippen LogP contribution in [0.2, 0.25) is 0 Å². The van der Waals surface area contributed by atoms with Crippen molar-refractivity contribution in [3.05, 3.63) is 60.8 Å². The Hall–Kier alpha value is -1.80. The van der Waals surface area contributed by atoms with Gasteiger partial charge in [0, 0.05) is 6.42 Å². The van der Waals surface area contributed by atoms with E-state index in [1.807, 2.05) is 21.1 Å². The molecule has 0 radical (unpaired) electrons. The summed E-state index contributed by atoms with van der Waals surface area (Å²) in [5.74, 6) is -0.153. The van der Waals surface area contributed by atoms with Crippen molar-refractivity contribution >= 4 is 13.7 Å². The molecule has 0 aromatic heterocycles. The van der Waals surface area contributed by atoms with Crippen LogP contribution in [-0.2, 0) is 18.4 Å². The lowest BCUT2D eigenvalue weighted by Gasteiger charge is -2.26. The van der Waals surface area contributed by atoms with Crippen LogP contribution in [0.4, 0.5) is 0 Å². The minimum atomic E-state index is -4.31. The van der Waals surface area contributed by atoms with E-state index in [-0.39, 0.29) is 19.1 Å². The van der Waals surface area contributed by atoms with Gasteiger partial charge in [0.2, 0.25) is 5.91 Å². The zero-order valence-corrected chi connectivity index (χ0v) is 39.2. The summed E-state index contributed by atoms with van der Waals surface area (Å²) in [5.41, 5.74) is 0. The molecular formula is C49H92N2O6P+. The molecule has 3 N–H and O–H groups in total. The third-order valence-electron chi connectivity index (χ3n) is 10.3. The van der Waals surface area contributed by atoms with E-state index in [1.165, 1.54) is 96.3 Å². The van der Waals surface area contributed by atoms with E-state index in [4.69, 9.17) is 9.05 Å². The van der Waals surface area contributed by atoms with Crippen molar-refractivity contribution in [3.63, 3.8) is 0 Å². The molecule has 0 aromatic rings. The van der Waals surface area contributed by atoms with E-state index < -0.39 is 20.0 Å². The molecule has 0 rings (SSSR count). The number of hydrogen-bond acceptors (Lipinski definition) is 5. The Labute approximate surface area is 358 Å². The highest BCUT2D eigenvalue weighted by Gasteiger charge is 2.28. The van der Waals surface area contributed by atoms with E-state index in [0.717, 1.165) is 70.6 Å². The van der Waals surface area contributed by atoms with E-state index in [2.05, 4.69) is 79.9 Å². The van der Waals surface area contributed by atoms with Gasteiger partial charge in [-0.25, -0.2) is 4.57 Å². The lowest BCUT2D eigenvalue weighted by atomic mass is 10.0. The summed E-state index contributed by atoms with van der Waals surface area (Å²) < 4.78 is 23.6. The standard InChI is InChI=1S/C49H91N2O6P/c1-6-8-10-12-14-16-17-18-19-20-21-22-23-24-25-26-27-28-29-30-31-32-33-35-37-39-41-43-49(53)50-47(46-57-58(54,55)56-45-44-51(3,4)5)48(52)42-40-38-36-34-15-13-11-9-7-2/h8,10,14,16,18-19,21-22,24-25,47-48,52H,6-7,9,11-13,15,17,20,23,26-46H2,1-5H3,(H-,50,53,54,55)/p+1/b10-8-,16-14-,19-18-,22-21-,25-24-. The van der Waals surface area contributed by atoms with Gasteiger partial charge in [-0.05, 0) is 57.8 Å². The van der Waals surface area contributed by atoms with Gasteiger partial charge in [0.05, 0.1) is 39.9 Å². The number of rotatable bonds is 42. The van der Waals surface area contributed by atoms with Gasteiger partial charge < -0.3 is 19.8 Å². The first-order valence-corrected chi connectivity index (χ1v) is 25.1. The van der Waals surface area contributed by atoms with Crippen molar-refractivity contribution in [2.45, 2.75) is 206 Å². The number of hydrogen-bond donors (Lipinski definition) is 3. The van der Waals surface area contributed by atoms with Crippen molar-refractivity contribution < 1.29 is 32.9 Å². The van der Waals surface area contributed by atoms with Crippen LogP contribution in [0.15, 0.2) is 60.8 Å². The molecule has 9 heteroatoms. The molecule has 58 heavy (non-hydrogen) atoms. The Balaban J connectivity index is 4.13. The van der Waals surface area contributed by atoms with Crippen molar-refractivity contribution in [1.29, 1.82) is 0 Å². The minimum Gasteiger partial charge on any atom is -0.391 e. The number of phosphoric ester groups is 1. The van der Waals surface area contributed by atoms with E-state index >= 15 is 0 Å². The number of unbranched alkanes of at least 4 members (excludes halogenated alkanes) is 19. The first-order valence-electron chi connectivity index (χ1n) is 23.7. The van der Waals surface area contributed by atoms with Gasteiger partial charge in [-0.3, -0.25) is 13.8 Å². The van der Waals surface area contributed by atoms with E-state index in [9.17, 15) is 19.4 Å². The summed E-state index contributed by atoms with van der Waals surface area (Å²) in [5, 5.41) is 13.9. The van der Waals surface area contributed by atoms with Gasteiger partial charge >= 0.3 is 7.82 Å². The zero-order chi connectivity index (χ0) is 42.8. The van der Waals surface area contributed by atoms with Crippen LogP contribution in [0.25, 0.3) is 0 Å². The smallest absolute Gasteiger partial charge is 0.391 e. The minimum absolute atomic E-state index is 0.0717. The molecule has 3 unspecified atom stereocenters. The summed E-state index contributed by atoms with van der Waals surface area (Å²) in [4.78, 5) is 23.1. The van der Waals surface area contributed by atoms with Crippen molar-refractivity contribution in [2.75, 3.05) is 40.9 Å². The number of aliphatic hydroxyl groups is 1. The number of phosphoric acid groups is 1. The predicted octanol–water partition coefficient (Wildman–Crippen LogP) is 13.4. The van der Waals surface area contributed by atoms with Gasteiger partial charge in [-0.2, -0.15) is 0 Å². The molecule has 0 saturated carbocycles. The summed E-state index contributed by atoms with van der Waals surface area (Å²) in [6.45, 7) is 4.74. The number of nitrogens with one attached hydrogen (secondary N) is 1. The lowest BCUT2D eigenvalue weighted by molar-refractivity contribution is -0.870.